The Bertz CT molecular complexity index is 1330. The third-order valence-corrected chi connectivity index (χ3v) is 8.08. The number of esters is 1. The average molecular weight is 530 g/mol. The minimum absolute atomic E-state index is 0.00383. The summed E-state index contributed by atoms with van der Waals surface area (Å²) in [5, 5.41) is 6.52. The molecule has 7 nitrogen and oxygen atoms in total. The van der Waals surface area contributed by atoms with Crippen LogP contribution in [-0.2, 0) is 27.2 Å². The van der Waals surface area contributed by atoms with Gasteiger partial charge in [-0.25, -0.2) is 9.78 Å². The Morgan fingerprint density at radius 2 is 1.42 bits per heavy atom. The molecular formula is C30H31N3O4S. The first-order valence-corrected chi connectivity index (χ1v) is 14.1. The maximum absolute atomic E-state index is 12.8. The second-order valence-corrected chi connectivity index (χ2v) is 10.6. The van der Waals surface area contributed by atoms with E-state index in [4.69, 9.17) is 4.74 Å². The monoisotopic (exact) mass is 529 g/mol. The number of carbonyl (C=O) groups is 3. The summed E-state index contributed by atoms with van der Waals surface area (Å²) in [6.45, 7) is -0.377. The fraction of sp³-hybridized carbons (Fsp3) is 0.333. The number of rotatable bonds is 8. The normalized spacial score (nSPS) is 18.0. The molecule has 2 aliphatic carbocycles. The Balaban J connectivity index is 1.13. The van der Waals surface area contributed by atoms with Crippen molar-refractivity contribution in [3.8, 4) is 0 Å². The van der Waals surface area contributed by atoms with E-state index in [0.717, 1.165) is 44.1 Å². The molecular weight excluding hydrogens is 498 g/mol. The third-order valence-electron chi connectivity index (χ3n) is 7.07. The van der Waals surface area contributed by atoms with Crippen LogP contribution < -0.4 is 10.6 Å². The van der Waals surface area contributed by atoms with Gasteiger partial charge in [0.2, 0.25) is 5.91 Å². The maximum Gasteiger partial charge on any atom is 0.341 e. The molecule has 38 heavy (non-hydrogen) atoms. The molecule has 1 heterocycles. The number of carbonyl (C=O) groups excluding carboxylic acids is 3. The van der Waals surface area contributed by atoms with Gasteiger partial charge in [-0.05, 0) is 72.9 Å². The second-order valence-electron chi connectivity index (χ2n) is 9.64. The number of benzene rings is 2. The number of nitrogens with one attached hydrogen (secondary N) is 2. The third kappa shape index (κ3) is 6.25. The summed E-state index contributed by atoms with van der Waals surface area (Å²) >= 11 is 1.18. The predicted octanol–water partition coefficient (Wildman–Crippen LogP) is 4.72. The molecule has 2 amide bonds. The van der Waals surface area contributed by atoms with Crippen molar-refractivity contribution in [2.75, 3.05) is 12.4 Å². The number of fused-ring (bicyclic) bond motifs is 2. The number of nitrogens with zero attached hydrogens (tertiary/aromatic N) is 1. The maximum atomic E-state index is 12.8. The number of amides is 2. The molecule has 2 atom stereocenters. The van der Waals surface area contributed by atoms with E-state index in [0.29, 0.717) is 5.03 Å². The molecule has 196 valence electrons. The van der Waals surface area contributed by atoms with E-state index in [2.05, 4.69) is 33.8 Å². The minimum Gasteiger partial charge on any atom is -0.452 e. The average Bonchev–Trinajstić information content (AvgIpc) is 2.95. The van der Waals surface area contributed by atoms with E-state index >= 15 is 0 Å². The zero-order valence-electron chi connectivity index (χ0n) is 21.2. The number of aromatic nitrogens is 1. The number of ether oxygens (including phenoxy) is 1. The molecule has 0 spiro atoms. The van der Waals surface area contributed by atoms with E-state index in [1.54, 1.807) is 18.3 Å². The molecule has 3 aromatic rings. The van der Waals surface area contributed by atoms with Gasteiger partial charge in [-0.15, -0.1) is 0 Å². The second kappa shape index (κ2) is 12.3. The molecule has 8 heteroatoms. The molecule has 2 aliphatic rings. The van der Waals surface area contributed by atoms with E-state index in [9.17, 15) is 14.4 Å². The quantitative estimate of drug-likeness (QED) is 0.324. The molecule has 0 aliphatic heterocycles. The van der Waals surface area contributed by atoms with Gasteiger partial charge < -0.3 is 15.4 Å². The first-order chi connectivity index (χ1) is 18.6. The van der Waals surface area contributed by atoms with E-state index < -0.39 is 5.97 Å². The Morgan fingerprint density at radius 1 is 0.816 bits per heavy atom. The van der Waals surface area contributed by atoms with Crippen molar-refractivity contribution in [3.63, 3.8) is 0 Å². The molecule has 0 saturated carbocycles. The van der Waals surface area contributed by atoms with Crippen LogP contribution in [0.4, 0.5) is 0 Å². The SMILES string of the molecule is O=C(COC(=O)c1cccnc1SCC(=O)N[C@@H]1CCCc2ccccc21)N[C@H]1CCCc2ccccc21. The van der Waals surface area contributed by atoms with Crippen molar-refractivity contribution in [1.29, 1.82) is 0 Å². The van der Waals surface area contributed by atoms with Crippen molar-refractivity contribution in [2.24, 2.45) is 0 Å². The lowest BCUT2D eigenvalue weighted by molar-refractivity contribution is -0.125. The topological polar surface area (TPSA) is 97.4 Å². The molecule has 2 aromatic carbocycles. The van der Waals surface area contributed by atoms with Crippen LogP contribution >= 0.6 is 11.8 Å². The van der Waals surface area contributed by atoms with Crippen molar-refractivity contribution < 1.29 is 19.1 Å². The number of aryl methyl sites for hydroxylation is 2. The lowest BCUT2D eigenvalue weighted by atomic mass is 9.88. The zero-order valence-corrected chi connectivity index (χ0v) is 22.0. The van der Waals surface area contributed by atoms with Crippen molar-refractivity contribution in [3.05, 3.63) is 94.7 Å². The molecule has 0 unspecified atom stereocenters. The highest BCUT2D eigenvalue weighted by Crippen LogP contribution is 2.31. The largest absolute Gasteiger partial charge is 0.452 e. The van der Waals surface area contributed by atoms with Crippen molar-refractivity contribution in [2.45, 2.75) is 55.6 Å². The Kier molecular flexibility index (Phi) is 8.38. The summed E-state index contributed by atoms with van der Waals surface area (Å²) < 4.78 is 5.32. The van der Waals surface area contributed by atoms with Gasteiger partial charge in [-0.2, -0.15) is 0 Å². The molecule has 0 fully saturated rings. The summed E-state index contributed by atoms with van der Waals surface area (Å²) in [6.07, 6.45) is 7.40. The number of thioether (sulfide) groups is 1. The van der Waals surface area contributed by atoms with Crippen molar-refractivity contribution >= 4 is 29.5 Å². The lowest BCUT2D eigenvalue weighted by Crippen LogP contribution is -2.34. The van der Waals surface area contributed by atoms with Crippen molar-refractivity contribution in [1.82, 2.24) is 15.6 Å². The van der Waals surface area contributed by atoms with E-state index in [1.807, 2.05) is 30.3 Å². The van der Waals surface area contributed by atoms with Gasteiger partial charge in [0, 0.05) is 6.20 Å². The minimum atomic E-state index is -0.638. The number of pyridine rings is 1. The summed E-state index contributed by atoms with van der Waals surface area (Å²) in [4.78, 5) is 42.4. The molecule has 0 radical (unpaired) electrons. The summed E-state index contributed by atoms with van der Waals surface area (Å²) in [7, 11) is 0. The van der Waals surface area contributed by atoms with Crippen LogP contribution in [0.15, 0.2) is 71.9 Å². The highest BCUT2D eigenvalue weighted by molar-refractivity contribution is 8.00. The summed E-state index contributed by atoms with van der Waals surface area (Å²) in [6, 6.07) is 19.5. The van der Waals surface area contributed by atoms with Gasteiger partial charge in [-0.3, -0.25) is 9.59 Å². The van der Waals surface area contributed by atoms with Gasteiger partial charge in [0.1, 0.15) is 5.03 Å². The standard InChI is InChI=1S/C30H31N3O4S/c34-27(32-25-15-5-10-20-8-1-3-12-22(20)25)18-37-30(36)24-14-7-17-31-29(24)38-19-28(35)33-26-16-6-11-21-9-2-4-13-23(21)26/h1-4,7-9,12-14,17,25-26H,5-6,10-11,15-16,18-19H2,(H,32,34)(H,33,35)/t25-,26+/m0/s1. The Hall–Kier alpha value is -3.65. The smallest absolute Gasteiger partial charge is 0.341 e. The number of hydrogen-bond donors (Lipinski definition) is 2. The summed E-state index contributed by atoms with van der Waals surface area (Å²) in [5.41, 5.74) is 5.07. The van der Waals surface area contributed by atoms with Crippen LogP contribution in [0.1, 0.15) is 70.4 Å². The van der Waals surface area contributed by atoms with Crippen LogP contribution in [0, 0.1) is 0 Å². The molecule has 2 N–H and O–H groups in total. The van der Waals surface area contributed by atoms with Gasteiger partial charge in [0.15, 0.2) is 6.61 Å². The molecule has 0 saturated heterocycles. The van der Waals surface area contributed by atoms with Gasteiger partial charge in [0.05, 0.1) is 23.4 Å². The zero-order chi connectivity index (χ0) is 26.3. The fourth-order valence-corrected chi connectivity index (χ4v) is 6.08. The highest BCUT2D eigenvalue weighted by Gasteiger charge is 2.24. The highest BCUT2D eigenvalue weighted by atomic mass is 32.2. The van der Waals surface area contributed by atoms with Crippen LogP contribution in [-0.4, -0.2) is 35.1 Å². The van der Waals surface area contributed by atoms with Crippen LogP contribution in [0.3, 0.4) is 0 Å². The Morgan fingerprint density at radius 3 is 2.08 bits per heavy atom. The Labute approximate surface area is 226 Å². The first kappa shape index (κ1) is 26.0. The van der Waals surface area contributed by atoms with Crippen LogP contribution in [0.25, 0.3) is 0 Å². The van der Waals surface area contributed by atoms with Gasteiger partial charge in [0.25, 0.3) is 5.91 Å². The lowest BCUT2D eigenvalue weighted by Gasteiger charge is -2.26. The predicted molar refractivity (Wildman–Crippen MR) is 146 cm³/mol. The fourth-order valence-electron chi connectivity index (χ4n) is 5.28. The van der Waals surface area contributed by atoms with Gasteiger partial charge >= 0.3 is 5.97 Å². The molecule has 0 bridgehead atoms. The van der Waals surface area contributed by atoms with Crippen LogP contribution in [0.2, 0.25) is 0 Å². The molecule has 5 rings (SSSR count). The van der Waals surface area contributed by atoms with Gasteiger partial charge in [-0.1, -0.05) is 60.3 Å². The number of hydrogen-bond acceptors (Lipinski definition) is 6. The first-order valence-electron chi connectivity index (χ1n) is 13.1. The summed E-state index contributed by atoms with van der Waals surface area (Å²) in [5.74, 6) is -0.974. The van der Waals surface area contributed by atoms with Crippen LogP contribution in [0.5, 0.6) is 0 Å². The van der Waals surface area contributed by atoms with E-state index in [1.165, 1.54) is 28.5 Å². The molecule has 1 aromatic heterocycles. The van der Waals surface area contributed by atoms with E-state index in [-0.39, 0.29) is 41.8 Å².